The number of unbranched alkanes of at least 4 members (excludes halogenated alkanes) is 46. The highest BCUT2D eigenvalue weighted by Gasteiger charge is 2.19. The summed E-state index contributed by atoms with van der Waals surface area (Å²) in [6, 6.07) is 0. The van der Waals surface area contributed by atoms with Gasteiger partial charge in [0.25, 0.3) is 0 Å². The Kier molecular flexibility index (Phi) is 58.1. The lowest BCUT2D eigenvalue weighted by Crippen LogP contribution is -2.30. The number of esters is 3. The molecule has 1 unspecified atom stereocenters. The van der Waals surface area contributed by atoms with Crippen LogP contribution >= 0.6 is 0 Å². The predicted octanol–water partition coefficient (Wildman–Crippen LogP) is 21.3. The van der Waals surface area contributed by atoms with Crippen molar-refractivity contribution in [3.8, 4) is 0 Å². The molecule has 414 valence electrons. The molecule has 0 aromatic rings. The summed E-state index contributed by atoms with van der Waals surface area (Å²) in [7, 11) is 0. The molecule has 0 aliphatic heterocycles. The molecule has 70 heavy (non-hydrogen) atoms. The van der Waals surface area contributed by atoms with Crippen molar-refractivity contribution >= 4 is 17.9 Å². The molecular weight excluding hydrogens is 865 g/mol. The smallest absolute Gasteiger partial charge is 0.306 e. The van der Waals surface area contributed by atoms with Gasteiger partial charge in [0.2, 0.25) is 0 Å². The second kappa shape index (κ2) is 59.7. The van der Waals surface area contributed by atoms with Gasteiger partial charge in [-0.25, -0.2) is 0 Å². The Bertz CT molecular complexity index is 1090. The Labute approximate surface area is 437 Å². The Morgan fingerprint density at radius 1 is 0.271 bits per heavy atom. The minimum absolute atomic E-state index is 0.0633. The minimum atomic E-state index is -0.761. The lowest BCUT2D eigenvalue weighted by Gasteiger charge is -2.18. The number of ether oxygens (including phenoxy) is 3. The van der Waals surface area contributed by atoms with Gasteiger partial charge in [0.05, 0.1) is 0 Å². The van der Waals surface area contributed by atoms with Gasteiger partial charge in [0, 0.05) is 19.3 Å². The zero-order valence-electron chi connectivity index (χ0n) is 47.6. The Balaban J connectivity index is 3.89. The monoisotopic (exact) mass is 987 g/mol. The van der Waals surface area contributed by atoms with Gasteiger partial charge in [-0.1, -0.05) is 309 Å². The van der Waals surface area contributed by atoms with Crippen molar-refractivity contribution < 1.29 is 28.6 Å². The second-order valence-corrected chi connectivity index (χ2v) is 21.7. The molecule has 0 rings (SSSR count). The fourth-order valence-corrected chi connectivity index (χ4v) is 9.74. The highest BCUT2D eigenvalue weighted by molar-refractivity contribution is 5.71. The molecule has 0 heterocycles. The number of carbonyl (C=O) groups excluding carboxylic acids is 3. The third-order valence-electron chi connectivity index (χ3n) is 14.5. The lowest BCUT2D eigenvalue weighted by molar-refractivity contribution is -0.167. The van der Waals surface area contributed by atoms with Crippen LogP contribution in [-0.4, -0.2) is 37.2 Å². The maximum Gasteiger partial charge on any atom is 0.306 e. The van der Waals surface area contributed by atoms with E-state index < -0.39 is 6.10 Å². The molecule has 0 aromatic carbocycles. The quantitative estimate of drug-likeness (QED) is 0.0261. The molecule has 0 aromatic heterocycles. The average Bonchev–Trinajstić information content (AvgIpc) is 3.36. The van der Waals surface area contributed by atoms with Crippen LogP contribution in [0.15, 0.2) is 12.2 Å². The van der Waals surface area contributed by atoms with Crippen LogP contribution in [0.1, 0.15) is 361 Å². The van der Waals surface area contributed by atoms with Crippen molar-refractivity contribution in [1.29, 1.82) is 0 Å². The van der Waals surface area contributed by atoms with Crippen molar-refractivity contribution in [2.24, 2.45) is 0 Å². The summed E-state index contributed by atoms with van der Waals surface area (Å²) in [4.78, 5) is 37.9. The summed E-state index contributed by atoms with van der Waals surface area (Å²) in [5.74, 6) is -0.845. The maximum absolute atomic E-state index is 12.8. The molecule has 0 radical (unpaired) electrons. The fraction of sp³-hybridized carbons (Fsp3) is 0.922. The van der Waals surface area contributed by atoms with Crippen molar-refractivity contribution in [3.63, 3.8) is 0 Å². The summed E-state index contributed by atoms with van der Waals surface area (Å²) in [6.07, 6.45) is 69.8. The van der Waals surface area contributed by atoms with Crippen molar-refractivity contribution in [3.05, 3.63) is 12.2 Å². The van der Waals surface area contributed by atoms with Crippen LogP contribution in [0, 0.1) is 0 Å². The molecule has 0 spiro atoms. The average molecular weight is 988 g/mol. The first-order chi connectivity index (χ1) is 34.5. The molecule has 0 aliphatic carbocycles. The molecule has 0 N–H and O–H groups in total. The van der Waals surface area contributed by atoms with Gasteiger partial charge >= 0.3 is 17.9 Å². The van der Waals surface area contributed by atoms with E-state index in [0.717, 1.165) is 57.8 Å². The van der Waals surface area contributed by atoms with Gasteiger partial charge in [-0.05, 0) is 44.9 Å². The van der Waals surface area contributed by atoms with E-state index in [1.807, 2.05) is 0 Å². The predicted molar refractivity (Wildman–Crippen MR) is 303 cm³/mol. The maximum atomic E-state index is 12.8. The Morgan fingerprint density at radius 2 is 0.471 bits per heavy atom. The number of hydrogen-bond donors (Lipinski definition) is 0. The van der Waals surface area contributed by atoms with Gasteiger partial charge in [0.15, 0.2) is 6.10 Å². The van der Waals surface area contributed by atoms with Crippen LogP contribution in [-0.2, 0) is 28.6 Å². The van der Waals surface area contributed by atoms with Gasteiger partial charge in [-0.3, -0.25) is 14.4 Å². The van der Waals surface area contributed by atoms with Gasteiger partial charge < -0.3 is 14.2 Å². The topological polar surface area (TPSA) is 78.9 Å². The van der Waals surface area contributed by atoms with E-state index >= 15 is 0 Å². The van der Waals surface area contributed by atoms with Gasteiger partial charge in [-0.15, -0.1) is 0 Å². The number of allylic oxidation sites excluding steroid dienone is 2. The molecule has 0 saturated carbocycles. The van der Waals surface area contributed by atoms with Crippen LogP contribution in [0.2, 0.25) is 0 Å². The molecular formula is C64H122O6. The molecule has 0 fully saturated rings. The van der Waals surface area contributed by atoms with Crippen LogP contribution in [0.5, 0.6) is 0 Å². The van der Waals surface area contributed by atoms with Crippen LogP contribution in [0.3, 0.4) is 0 Å². The lowest BCUT2D eigenvalue weighted by atomic mass is 10.0. The molecule has 0 saturated heterocycles. The van der Waals surface area contributed by atoms with E-state index in [4.69, 9.17) is 14.2 Å². The molecule has 0 bridgehead atoms. The third kappa shape index (κ3) is 57.1. The molecule has 0 amide bonds. The summed E-state index contributed by atoms with van der Waals surface area (Å²) < 4.78 is 16.8. The summed E-state index contributed by atoms with van der Waals surface area (Å²) in [5.41, 5.74) is 0. The summed E-state index contributed by atoms with van der Waals surface area (Å²) in [5, 5.41) is 0. The highest BCUT2D eigenvalue weighted by Crippen LogP contribution is 2.18. The number of hydrogen-bond acceptors (Lipinski definition) is 6. The molecule has 6 heteroatoms. The summed E-state index contributed by atoms with van der Waals surface area (Å²) >= 11 is 0. The summed E-state index contributed by atoms with van der Waals surface area (Å²) in [6.45, 7) is 6.66. The SMILES string of the molecule is CCCCCCCCCC/C=C\CCCCCCCCCCCCCCCCCCCCCCCC(=O)OCC(COC(=O)CCCCCCCCCCC)OC(=O)CCCCCCCCCCCC. The van der Waals surface area contributed by atoms with E-state index in [9.17, 15) is 14.4 Å². The van der Waals surface area contributed by atoms with Crippen LogP contribution < -0.4 is 0 Å². The fourth-order valence-electron chi connectivity index (χ4n) is 9.74. The molecule has 1 atom stereocenters. The van der Waals surface area contributed by atoms with Gasteiger partial charge in [-0.2, -0.15) is 0 Å². The third-order valence-corrected chi connectivity index (χ3v) is 14.5. The minimum Gasteiger partial charge on any atom is -0.462 e. The van der Waals surface area contributed by atoms with Gasteiger partial charge in [0.1, 0.15) is 13.2 Å². The Hall–Kier alpha value is -1.85. The van der Waals surface area contributed by atoms with Crippen LogP contribution in [0.4, 0.5) is 0 Å². The van der Waals surface area contributed by atoms with E-state index in [0.29, 0.717) is 19.3 Å². The van der Waals surface area contributed by atoms with E-state index in [1.165, 1.54) is 263 Å². The van der Waals surface area contributed by atoms with Crippen molar-refractivity contribution in [1.82, 2.24) is 0 Å². The second-order valence-electron chi connectivity index (χ2n) is 21.7. The number of rotatable bonds is 59. The molecule has 0 aliphatic rings. The number of carbonyl (C=O) groups is 3. The first-order valence-corrected chi connectivity index (χ1v) is 31.7. The largest absolute Gasteiger partial charge is 0.462 e. The highest BCUT2D eigenvalue weighted by atomic mass is 16.6. The normalized spacial score (nSPS) is 12.0. The zero-order valence-corrected chi connectivity index (χ0v) is 47.6. The van der Waals surface area contributed by atoms with Crippen LogP contribution in [0.25, 0.3) is 0 Å². The van der Waals surface area contributed by atoms with E-state index in [1.54, 1.807) is 0 Å². The van der Waals surface area contributed by atoms with E-state index in [-0.39, 0.29) is 31.1 Å². The van der Waals surface area contributed by atoms with E-state index in [2.05, 4.69) is 32.9 Å². The molecule has 6 nitrogen and oxygen atoms in total. The first kappa shape index (κ1) is 68.2. The van der Waals surface area contributed by atoms with Crippen molar-refractivity contribution in [2.45, 2.75) is 367 Å². The Morgan fingerprint density at radius 3 is 0.714 bits per heavy atom. The first-order valence-electron chi connectivity index (χ1n) is 31.7. The van der Waals surface area contributed by atoms with Crippen molar-refractivity contribution in [2.75, 3.05) is 13.2 Å². The standard InChI is InChI=1S/C64H122O6/c1-4-7-10-13-16-19-21-22-23-24-25-26-27-28-29-30-31-32-33-34-35-36-37-38-39-40-41-42-43-46-48-51-54-57-63(66)69-60-61(59-68-62(65)56-53-50-47-44-18-15-12-9-6-3)70-64(67)58-55-52-49-45-20-17-14-11-8-5-2/h24-25,61H,4-23,26-60H2,1-3H3/b25-24-. The zero-order chi connectivity index (χ0) is 50.7.